The summed E-state index contributed by atoms with van der Waals surface area (Å²) < 4.78 is 19.4. The van der Waals surface area contributed by atoms with Crippen molar-refractivity contribution in [1.29, 1.82) is 0 Å². The first kappa shape index (κ1) is 26.2. The molecule has 23 heavy (non-hydrogen) atoms. The van der Waals surface area contributed by atoms with Crippen LogP contribution in [0.15, 0.2) is 35.7 Å². The molecule has 0 aliphatic carbocycles. The van der Waals surface area contributed by atoms with Crippen molar-refractivity contribution in [2.45, 2.75) is 0 Å². The summed E-state index contributed by atoms with van der Waals surface area (Å²) in [6.45, 7) is 0. The number of nitrogens with one attached hydrogen (secondary N) is 1. The fourth-order valence-electron chi connectivity index (χ4n) is 1.27. The van der Waals surface area contributed by atoms with E-state index in [4.69, 9.17) is 24.1 Å². The summed E-state index contributed by atoms with van der Waals surface area (Å²) in [5, 5.41) is 4.97. The van der Waals surface area contributed by atoms with Gasteiger partial charge in [-0.1, -0.05) is 30.3 Å². The summed E-state index contributed by atoms with van der Waals surface area (Å²) in [5.41, 5.74) is 1.77. The van der Waals surface area contributed by atoms with Crippen molar-refractivity contribution in [3.63, 3.8) is 0 Å². The first-order chi connectivity index (χ1) is 9.78. The van der Waals surface area contributed by atoms with Crippen LogP contribution in [-0.4, -0.2) is 90.0 Å². The zero-order valence-corrected chi connectivity index (χ0v) is 13.3. The van der Waals surface area contributed by atoms with Gasteiger partial charge in [-0.15, -0.1) is 11.3 Å². The molecular weight excluding hydrogens is 384 g/mol. The third-order valence-corrected chi connectivity index (χ3v) is 3.38. The quantitative estimate of drug-likeness (QED) is 0.368. The standard InChI is InChI=1S/C10H11N2O3PS.2Na.H3O3P.2H/c13-16(14,15)7-11-10-12-9(6-17-10)8-4-2-1-3-5-8;;;1-4(2)3;;/h1-6H,7H2,(H,11,12)(H2,13,14,15);;;4H,(H2,1,2,3);;. The van der Waals surface area contributed by atoms with E-state index in [1.807, 2.05) is 35.7 Å². The Kier molecular flexibility index (Phi) is 15.0. The maximum atomic E-state index is 10.7. The topological polar surface area (TPSA) is 140 Å². The van der Waals surface area contributed by atoms with Crippen molar-refractivity contribution >= 4 is 91.4 Å². The van der Waals surface area contributed by atoms with E-state index in [0.29, 0.717) is 5.13 Å². The summed E-state index contributed by atoms with van der Waals surface area (Å²) in [6, 6.07) is 9.61. The molecule has 2 aromatic rings. The molecule has 0 saturated carbocycles. The first-order valence-electron chi connectivity index (χ1n) is 5.49. The number of anilines is 1. The second-order valence-electron chi connectivity index (χ2n) is 3.69. The SMILES string of the molecule is O=P(O)(O)CNc1nc(-c2ccccc2)cs1.O=[PH](O)O.[NaH].[NaH]. The van der Waals surface area contributed by atoms with E-state index in [1.165, 1.54) is 11.3 Å². The van der Waals surface area contributed by atoms with Crippen LogP contribution >= 0.6 is 27.2 Å². The normalized spacial score (nSPS) is 9.96. The van der Waals surface area contributed by atoms with Gasteiger partial charge in [-0.05, 0) is 0 Å². The summed E-state index contributed by atoms with van der Waals surface area (Å²) >= 11 is 1.32. The van der Waals surface area contributed by atoms with Crippen LogP contribution in [0.3, 0.4) is 0 Å². The Morgan fingerprint density at radius 1 is 1.17 bits per heavy atom. The Bertz CT molecular complexity index is 635. The van der Waals surface area contributed by atoms with Gasteiger partial charge >= 0.3 is 75.0 Å². The van der Waals surface area contributed by atoms with Gasteiger partial charge in [0.05, 0.1) is 5.69 Å². The van der Waals surface area contributed by atoms with Crippen molar-refractivity contribution in [3.8, 4) is 11.3 Å². The van der Waals surface area contributed by atoms with E-state index in [2.05, 4.69) is 10.3 Å². The van der Waals surface area contributed by atoms with Crippen LogP contribution in [0.25, 0.3) is 11.3 Å². The van der Waals surface area contributed by atoms with Gasteiger partial charge in [-0.3, -0.25) is 9.13 Å². The van der Waals surface area contributed by atoms with Crippen LogP contribution < -0.4 is 5.32 Å². The van der Waals surface area contributed by atoms with Crippen LogP contribution in [0.1, 0.15) is 0 Å². The van der Waals surface area contributed by atoms with Gasteiger partial charge in [0.2, 0.25) is 0 Å². The third-order valence-electron chi connectivity index (χ3n) is 2.01. The molecule has 0 aliphatic heterocycles. The molecular formula is C10H16N2Na2O6P2S. The van der Waals surface area contributed by atoms with Crippen LogP contribution in [-0.2, 0) is 9.13 Å². The average Bonchev–Trinajstić information content (AvgIpc) is 2.85. The molecule has 0 spiro atoms. The fraction of sp³-hybridized carbons (Fsp3) is 0.100. The van der Waals surface area contributed by atoms with Gasteiger partial charge in [0.15, 0.2) is 5.13 Å². The molecule has 8 nitrogen and oxygen atoms in total. The Labute approximate surface area is 182 Å². The molecule has 1 aromatic heterocycles. The predicted molar refractivity (Wildman–Crippen MR) is 95.8 cm³/mol. The second kappa shape index (κ2) is 13.2. The van der Waals surface area contributed by atoms with Gasteiger partial charge in [-0.25, -0.2) is 4.98 Å². The van der Waals surface area contributed by atoms with Crippen LogP contribution in [0.4, 0.5) is 5.13 Å². The summed E-state index contributed by atoms with van der Waals surface area (Å²) in [6.07, 6.45) is -0.394. The number of hydrogen-bond acceptors (Lipinski definition) is 5. The van der Waals surface area contributed by atoms with E-state index in [0.717, 1.165) is 11.3 Å². The second-order valence-corrected chi connectivity index (χ2v) is 6.75. The molecule has 0 aliphatic rings. The molecule has 0 fully saturated rings. The molecule has 0 bridgehead atoms. The number of thiazole rings is 1. The zero-order chi connectivity index (χ0) is 15.9. The maximum absolute atomic E-state index is 10.7. The Balaban J connectivity index is 0. The number of rotatable bonds is 4. The van der Waals surface area contributed by atoms with Crippen molar-refractivity contribution in [2.24, 2.45) is 0 Å². The molecule has 0 saturated heterocycles. The summed E-state index contributed by atoms with van der Waals surface area (Å²) in [7, 11) is -7.17. The fourth-order valence-corrected chi connectivity index (χ4v) is 2.45. The van der Waals surface area contributed by atoms with E-state index in [1.54, 1.807) is 0 Å². The van der Waals surface area contributed by atoms with Gasteiger partial charge in [0, 0.05) is 10.9 Å². The zero-order valence-electron chi connectivity index (χ0n) is 10.6. The number of nitrogens with zero attached hydrogens (tertiary/aromatic N) is 1. The average molecular weight is 400 g/mol. The Hall–Kier alpha value is 0.950. The van der Waals surface area contributed by atoms with Gasteiger partial charge in [-0.2, -0.15) is 0 Å². The molecule has 2 rings (SSSR count). The van der Waals surface area contributed by atoms with E-state index in [9.17, 15) is 4.57 Å². The number of benzene rings is 1. The molecule has 0 unspecified atom stereocenters. The molecule has 1 aromatic carbocycles. The minimum atomic E-state index is -4.04. The Morgan fingerprint density at radius 2 is 1.70 bits per heavy atom. The summed E-state index contributed by atoms with van der Waals surface area (Å²) in [5.74, 6) is 0. The van der Waals surface area contributed by atoms with E-state index >= 15 is 0 Å². The van der Waals surface area contributed by atoms with Crippen molar-refractivity contribution < 1.29 is 28.7 Å². The molecule has 0 atom stereocenters. The van der Waals surface area contributed by atoms with Crippen molar-refractivity contribution in [2.75, 3.05) is 11.6 Å². The number of aromatic nitrogens is 1. The van der Waals surface area contributed by atoms with Crippen LogP contribution in [0.5, 0.6) is 0 Å². The van der Waals surface area contributed by atoms with E-state index < -0.39 is 22.1 Å². The molecule has 13 heteroatoms. The third kappa shape index (κ3) is 12.9. The number of hydrogen-bond donors (Lipinski definition) is 5. The molecule has 1 heterocycles. The monoisotopic (exact) mass is 400 g/mol. The van der Waals surface area contributed by atoms with Crippen LogP contribution in [0.2, 0.25) is 0 Å². The van der Waals surface area contributed by atoms with Crippen molar-refractivity contribution in [3.05, 3.63) is 35.7 Å². The molecule has 5 N–H and O–H groups in total. The van der Waals surface area contributed by atoms with Crippen LogP contribution in [0, 0.1) is 0 Å². The molecule has 0 amide bonds. The Morgan fingerprint density at radius 3 is 2.17 bits per heavy atom. The molecule has 120 valence electrons. The predicted octanol–water partition coefficient (Wildman–Crippen LogP) is 0.421. The minimum absolute atomic E-state index is 0. The molecule has 0 radical (unpaired) electrons. The van der Waals surface area contributed by atoms with Gasteiger partial charge < -0.3 is 24.9 Å². The van der Waals surface area contributed by atoms with E-state index in [-0.39, 0.29) is 59.1 Å². The first-order valence-corrected chi connectivity index (χ1v) is 9.47. The van der Waals surface area contributed by atoms with Gasteiger partial charge in [0.25, 0.3) is 0 Å². The van der Waals surface area contributed by atoms with Crippen molar-refractivity contribution in [1.82, 2.24) is 4.98 Å². The van der Waals surface area contributed by atoms with Gasteiger partial charge in [0.1, 0.15) is 6.29 Å². The summed E-state index contributed by atoms with van der Waals surface area (Å²) in [4.78, 5) is 36.0.